The molecule has 1 saturated heterocycles. The molecule has 0 spiro atoms. The molecule has 3 nitrogen and oxygen atoms in total. The maximum atomic E-state index is 5.63. The van der Waals surface area contributed by atoms with Crippen molar-refractivity contribution < 1.29 is 4.74 Å². The second-order valence-corrected chi connectivity index (χ2v) is 5.23. The van der Waals surface area contributed by atoms with Crippen LogP contribution >= 0.6 is 0 Å². The molecule has 0 bridgehead atoms. The minimum Gasteiger partial charge on any atom is -0.494 e. The number of rotatable bonds is 6. The lowest BCUT2D eigenvalue weighted by atomic mass is 10.1. The van der Waals surface area contributed by atoms with Gasteiger partial charge < -0.3 is 15.0 Å². The molecule has 1 heterocycles. The van der Waals surface area contributed by atoms with E-state index in [4.69, 9.17) is 4.74 Å². The number of anilines is 1. The van der Waals surface area contributed by atoms with E-state index in [0.29, 0.717) is 6.04 Å². The van der Waals surface area contributed by atoms with E-state index >= 15 is 0 Å². The van der Waals surface area contributed by atoms with Gasteiger partial charge >= 0.3 is 0 Å². The first kappa shape index (κ1) is 14.2. The predicted octanol–water partition coefficient (Wildman–Crippen LogP) is 3.05. The topological polar surface area (TPSA) is 24.5 Å². The lowest BCUT2D eigenvalue weighted by Gasteiger charge is -2.35. The van der Waals surface area contributed by atoms with Gasteiger partial charge in [0.25, 0.3) is 0 Å². The summed E-state index contributed by atoms with van der Waals surface area (Å²) in [6.45, 7) is 8.46. The summed E-state index contributed by atoms with van der Waals surface area (Å²) in [6.07, 6.45) is 3.56. The molecule has 1 aliphatic rings. The molecule has 1 fully saturated rings. The zero-order chi connectivity index (χ0) is 13.5. The van der Waals surface area contributed by atoms with Crippen LogP contribution in [0, 0.1) is 0 Å². The van der Waals surface area contributed by atoms with Crippen LogP contribution in [0.3, 0.4) is 0 Å². The summed E-state index contributed by atoms with van der Waals surface area (Å²) in [7, 11) is 0. The first-order valence-electron chi connectivity index (χ1n) is 7.54. The number of nitrogens with one attached hydrogen (secondary N) is 1. The van der Waals surface area contributed by atoms with Gasteiger partial charge in [0.1, 0.15) is 5.75 Å². The Balaban J connectivity index is 1.93. The molecule has 1 aliphatic heterocycles. The third-order valence-corrected chi connectivity index (χ3v) is 3.57. The fraction of sp³-hybridized carbons (Fsp3) is 0.625. The largest absolute Gasteiger partial charge is 0.494 e. The summed E-state index contributed by atoms with van der Waals surface area (Å²) in [5.41, 5.74) is 1.31. The lowest BCUT2D eigenvalue weighted by Crippen LogP contribution is -2.50. The van der Waals surface area contributed by atoms with Crippen LogP contribution in [-0.2, 0) is 0 Å². The highest BCUT2D eigenvalue weighted by molar-refractivity contribution is 5.49. The van der Waals surface area contributed by atoms with E-state index in [2.05, 4.69) is 48.3 Å². The molecule has 0 saturated carbocycles. The van der Waals surface area contributed by atoms with Gasteiger partial charge in [0.05, 0.1) is 6.61 Å². The summed E-state index contributed by atoms with van der Waals surface area (Å²) in [4.78, 5) is 2.47. The van der Waals surface area contributed by atoms with E-state index in [-0.39, 0.29) is 0 Å². The van der Waals surface area contributed by atoms with Gasteiger partial charge in [-0.3, -0.25) is 0 Å². The Labute approximate surface area is 116 Å². The average molecular weight is 262 g/mol. The number of piperazine rings is 1. The van der Waals surface area contributed by atoms with Crippen LogP contribution in [0.2, 0.25) is 0 Å². The average Bonchev–Trinajstić information content (AvgIpc) is 2.46. The van der Waals surface area contributed by atoms with Gasteiger partial charge in [0, 0.05) is 31.4 Å². The minimum absolute atomic E-state index is 0.634. The molecule has 1 aromatic carbocycles. The number of benzene rings is 1. The van der Waals surface area contributed by atoms with E-state index in [0.717, 1.165) is 38.4 Å². The smallest absolute Gasteiger partial charge is 0.119 e. The van der Waals surface area contributed by atoms with Gasteiger partial charge in [0.2, 0.25) is 0 Å². The fourth-order valence-electron chi connectivity index (χ4n) is 2.57. The highest BCUT2D eigenvalue weighted by Gasteiger charge is 2.18. The highest BCUT2D eigenvalue weighted by atomic mass is 16.5. The molecule has 1 N–H and O–H groups in total. The summed E-state index contributed by atoms with van der Waals surface area (Å²) in [6, 6.07) is 9.16. The molecule has 19 heavy (non-hydrogen) atoms. The minimum atomic E-state index is 0.634. The summed E-state index contributed by atoms with van der Waals surface area (Å²) in [5, 5.41) is 3.59. The van der Waals surface area contributed by atoms with E-state index < -0.39 is 0 Å². The van der Waals surface area contributed by atoms with Crippen LogP contribution in [0.5, 0.6) is 5.75 Å². The Morgan fingerprint density at radius 2 is 2.00 bits per heavy atom. The molecule has 0 aliphatic carbocycles. The zero-order valence-corrected chi connectivity index (χ0v) is 12.2. The second-order valence-electron chi connectivity index (χ2n) is 5.23. The van der Waals surface area contributed by atoms with Gasteiger partial charge in [0.15, 0.2) is 0 Å². The summed E-state index contributed by atoms with van der Waals surface area (Å²) >= 11 is 0. The maximum absolute atomic E-state index is 5.63. The van der Waals surface area contributed by atoms with Crippen LogP contribution in [-0.4, -0.2) is 32.3 Å². The van der Waals surface area contributed by atoms with Crippen molar-refractivity contribution in [2.75, 3.05) is 31.1 Å². The maximum Gasteiger partial charge on any atom is 0.119 e. The highest BCUT2D eigenvalue weighted by Crippen LogP contribution is 2.21. The summed E-state index contributed by atoms with van der Waals surface area (Å²) in [5.74, 6) is 0.978. The van der Waals surface area contributed by atoms with Crippen LogP contribution in [0.1, 0.15) is 33.1 Å². The van der Waals surface area contributed by atoms with Crippen LogP contribution in [0.4, 0.5) is 5.69 Å². The third kappa shape index (κ3) is 4.13. The van der Waals surface area contributed by atoms with Crippen molar-refractivity contribution in [1.82, 2.24) is 5.32 Å². The van der Waals surface area contributed by atoms with Crippen molar-refractivity contribution in [2.24, 2.45) is 0 Å². The molecule has 3 heteroatoms. The van der Waals surface area contributed by atoms with Crippen molar-refractivity contribution in [1.29, 1.82) is 0 Å². The lowest BCUT2D eigenvalue weighted by molar-refractivity contribution is 0.317. The number of nitrogens with zero attached hydrogens (tertiary/aromatic N) is 1. The number of hydrogen-bond donors (Lipinski definition) is 1. The molecule has 0 radical (unpaired) electrons. The zero-order valence-electron chi connectivity index (χ0n) is 12.2. The molecular formula is C16H26N2O. The SMILES string of the molecule is CCCOc1ccc(N2CCNC(CCC)C2)cc1. The second kappa shape index (κ2) is 7.39. The predicted molar refractivity (Wildman–Crippen MR) is 81.1 cm³/mol. The summed E-state index contributed by atoms with van der Waals surface area (Å²) < 4.78 is 5.63. The molecule has 1 aromatic rings. The molecule has 0 amide bonds. The van der Waals surface area contributed by atoms with E-state index in [1.807, 2.05) is 0 Å². The molecule has 0 aromatic heterocycles. The van der Waals surface area contributed by atoms with Gasteiger partial charge in [-0.25, -0.2) is 0 Å². The Bertz CT molecular complexity index is 362. The van der Waals surface area contributed by atoms with E-state index in [9.17, 15) is 0 Å². The van der Waals surface area contributed by atoms with E-state index in [1.54, 1.807) is 0 Å². The molecular weight excluding hydrogens is 236 g/mol. The number of hydrogen-bond acceptors (Lipinski definition) is 3. The Hall–Kier alpha value is -1.22. The fourth-order valence-corrected chi connectivity index (χ4v) is 2.57. The van der Waals surface area contributed by atoms with Crippen LogP contribution in [0.25, 0.3) is 0 Å². The van der Waals surface area contributed by atoms with Gasteiger partial charge in [-0.15, -0.1) is 0 Å². The first-order chi connectivity index (χ1) is 9.33. The normalized spacial score (nSPS) is 19.5. The number of ether oxygens (including phenoxy) is 1. The van der Waals surface area contributed by atoms with Crippen molar-refractivity contribution in [3.05, 3.63) is 24.3 Å². The first-order valence-corrected chi connectivity index (χ1v) is 7.54. The Morgan fingerprint density at radius 3 is 2.68 bits per heavy atom. The Kier molecular flexibility index (Phi) is 5.52. The molecule has 106 valence electrons. The van der Waals surface area contributed by atoms with E-state index in [1.165, 1.54) is 18.5 Å². The standard InChI is InChI=1S/C16H26N2O/c1-3-5-14-13-18(11-10-17-14)15-6-8-16(9-7-15)19-12-4-2/h6-9,14,17H,3-5,10-13H2,1-2H3. The van der Waals surface area contributed by atoms with Gasteiger partial charge in [-0.05, 0) is 37.1 Å². The monoisotopic (exact) mass is 262 g/mol. The molecule has 1 atom stereocenters. The van der Waals surface area contributed by atoms with Crippen LogP contribution in [0.15, 0.2) is 24.3 Å². The van der Waals surface area contributed by atoms with Crippen molar-refractivity contribution in [3.63, 3.8) is 0 Å². The van der Waals surface area contributed by atoms with Crippen molar-refractivity contribution in [2.45, 2.75) is 39.2 Å². The van der Waals surface area contributed by atoms with Crippen molar-refractivity contribution >= 4 is 5.69 Å². The molecule has 2 rings (SSSR count). The third-order valence-electron chi connectivity index (χ3n) is 3.57. The van der Waals surface area contributed by atoms with Gasteiger partial charge in [-0.2, -0.15) is 0 Å². The Morgan fingerprint density at radius 1 is 1.21 bits per heavy atom. The quantitative estimate of drug-likeness (QED) is 0.853. The van der Waals surface area contributed by atoms with Crippen molar-refractivity contribution in [3.8, 4) is 5.75 Å². The molecule has 1 unspecified atom stereocenters. The van der Waals surface area contributed by atoms with Crippen LogP contribution < -0.4 is 15.0 Å². The van der Waals surface area contributed by atoms with Gasteiger partial charge in [-0.1, -0.05) is 20.3 Å².